The van der Waals surface area contributed by atoms with E-state index < -0.39 is 23.6 Å². The maximum Gasteiger partial charge on any atom is 0.420 e. The van der Waals surface area contributed by atoms with E-state index in [-0.39, 0.29) is 6.42 Å². The fourth-order valence-corrected chi connectivity index (χ4v) is 2.66. The Morgan fingerprint density at radius 3 is 2.54 bits per heavy atom. The van der Waals surface area contributed by atoms with Crippen molar-refractivity contribution in [1.82, 2.24) is 15.4 Å². The number of hydrazine groups is 1. The zero-order valence-electron chi connectivity index (χ0n) is 13.9. The molecule has 1 aromatic heterocycles. The van der Waals surface area contributed by atoms with Gasteiger partial charge >= 0.3 is 5.76 Å². The third-order valence-electron chi connectivity index (χ3n) is 3.89. The molecule has 0 aliphatic rings. The Kier molecular flexibility index (Phi) is 5.09. The molecule has 1 heterocycles. The van der Waals surface area contributed by atoms with E-state index in [1.807, 2.05) is 0 Å². The number of hydrogen-bond acceptors (Lipinski definition) is 4. The zero-order chi connectivity index (χ0) is 18.7. The molecule has 0 radical (unpaired) electrons. The summed E-state index contributed by atoms with van der Waals surface area (Å²) in [6, 6.07) is 12.8. The van der Waals surface area contributed by atoms with Crippen LogP contribution in [0.3, 0.4) is 0 Å². The zero-order valence-corrected chi connectivity index (χ0v) is 14.6. The van der Waals surface area contributed by atoms with Crippen molar-refractivity contribution in [2.45, 2.75) is 19.4 Å². The lowest BCUT2D eigenvalue weighted by Gasteiger charge is -2.14. The highest BCUT2D eigenvalue weighted by Gasteiger charge is 2.21. The first-order chi connectivity index (χ1) is 12.5. The highest BCUT2D eigenvalue weighted by atomic mass is 35.5. The molecule has 7 nitrogen and oxygen atoms in total. The predicted octanol–water partition coefficient (Wildman–Crippen LogP) is 2.20. The van der Waals surface area contributed by atoms with Gasteiger partial charge in [0.25, 0.3) is 5.91 Å². The molecule has 0 spiro atoms. The van der Waals surface area contributed by atoms with Gasteiger partial charge < -0.3 is 4.42 Å². The first kappa shape index (κ1) is 17.8. The molecule has 0 aliphatic carbocycles. The number of carbonyl (C=O) groups excluding carboxylic acids is 2. The molecule has 0 fully saturated rings. The van der Waals surface area contributed by atoms with E-state index in [0.29, 0.717) is 16.1 Å². The molecular formula is C18H16ClN3O4. The fraction of sp³-hybridized carbons (Fsp3) is 0.167. The first-order valence-electron chi connectivity index (χ1n) is 7.89. The Morgan fingerprint density at radius 2 is 1.81 bits per heavy atom. The average Bonchev–Trinajstić information content (AvgIpc) is 2.96. The lowest BCUT2D eigenvalue weighted by molar-refractivity contribution is -0.130. The predicted molar refractivity (Wildman–Crippen MR) is 96.6 cm³/mol. The molecule has 8 heteroatoms. The summed E-state index contributed by atoms with van der Waals surface area (Å²) in [6.07, 6.45) is 0.0837. The summed E-state index contributed by atoms with van der Waals surface area (Å²) in [5, 5.41) is 0.578. The van der Waals surface area contributed by atoms with Crippen molar-refractivity contribution in [3.05, 3.63) is 69.7 Å². The summed E-state index contributed by atoms with van der Waals surface area (Å²) in [5.41, 5.74) is 6.32. The van der Waals surface area contributed by atoms with Crippen LogP contribution in [0.1, 0.15) is 18.5 Å². The van der Waals surface area contributed by atoms with E-state index >= 15 is 0 Å². The van der Waals surface area contributed by atoms with Gasteiger partial charge in [0, 0.05) is 5.02 Å². The first-order valence-corrected chi connectivity index (χ1v) is 8.26. The molecule has 0 saturated carbocycles. The number of hydrogen-bond donors (Lipinski definition) is 2. The number of nitrogens with zero attached hydrogens (tertiary/aromatic N) is 1. The van der Waals surface area contributed by atoms with Crippen molar-refractivity contribution < 1.29 is 14.0 Å². The minimum Gasteiger partial charge on any atom is -0.408 e. The van der Waals surface area contributed by atoms with E-state index in [1.54, 1.807) is 55.5 Å². The van der Waals surface area contributed by atoms with Crippen LogP contribution in [0.5, 0.6) is 0 Å². The normalized spacial score (nSPS) is 11.9. The van der Waals surface area contributed by atoms with Crippen LogP contribution < -0.4 is 16.6 Å². The van der Waals surface area contributed by atoms with Gasteiger partial charge in [-0.3, -0.25) is 25.0 Å². The fourth-order valence-electron chi connectivity index (χ4n) is 2.54. The minimum atomic E-state index is -0.859. The quantitative estimate of drug-likeness (QED) is 0.685. The molecule has 26 heavy (non-hydrogen) atoms. The van der Waals surface area contributed by atoms with Gasteiger partial charge in [-0.05, 0) is 36.8 Å². The van der Waals surface area contributed by atoms with Gasteiger partial charge in [0.05, 0.1) is 11.9 Å². The molecule has 3 aromatic rings. The van der Waals surface area contributed by atoms with Gasteiger partial charge in [0.2, 0.25) is 5.91 Å². The second-order valence-electron chi connectivity index (χ2n) is 5.72. The summed E-state index contributed by atoms with van der Waals surface area (Å²) >= 11 is 5.80. The number of halogens is 1. The molecule has 0 saturated heterocycles. The minimum absolute atomic E-state index is 0.0837. The van der Waals surface area contributed by atoms with Crippen molar-refractivity contribution in [3.63, 3.8) is 0 Å². The number of benzene rings is 2. The Hall–Kier alpha value is -3.06. The number of carbonyl (C=O) groups is 2. The van der Waals surface area contributed by atoms with Crippen LogP contribution >= 0.6 is 11.6 Å². The smallest absolute Gasteiger partial charge is 0.408 e. The SMILES string of the molecule is C[C@H](C(=O)NNC(=O)Cc1ccc(Cl)cc1)n1c(=O)oc2ccccc21. The van der Waals surface area contributed by atoms with Crippen LogP contribution in [0.25, 0.3) is 11.1 Å². The summed E-state index contributed by atoms with van der Waals surface area (Å²) in [7, 11) is 0. The summed E-state index contributed by atoms with van der Waals surface area (Å²) in [4.78, 5) is 36.2. The van der Waals surface area contributed by atoms with E-state index in [1.165, 1.54) is 4.57 Å². The largest absolute Gasteiger partial charge is 0.420 e. The number of nitrogens with one attached hydrogen (secondary N) is 2. The molecular weight excluding hydrogens is 358 g/mol. The number of para-hydroxylation sites is 2. The Bertz CT molecular complexity index is 1010. The molecule has 0 bridgehead atoms. The molecule has 3 rings (SSSR count). The molecule has 2 amide bonds. The summed E-state index contributed by atoms with van der Waals surface area (Å²) in [5.74, 6) is -1.57. The average molecular weight is 374 g/mol. The Balaban J connectivity index is 1.64. The highest BCUT2D eigenvalue weighted by Crippen LogP contribution is 2.16. The van der Waals surface area contributed by atoms with E-state index in [2.05, 4.69) is 10.9 Å². The Morgan fingerprint density at radius 1 is 1.12 bits per heavy atom. The third-order valence-corrected chi connectivity index (χ3v) is 4.14. The van der Waals surface area contributed by atoms with Gasteiger partial charge in [-0.25, -0.2) is 4.79 Å². The van der Waals surface area contributed by atoms with Crippen LogP contribution in [0.4, 0.5) is 0 Å². The van der Waals surface area contributed by atoms with Gasteiger partial charge in [-0.2, -0.15) is 0 Å². The van der Waals surface area contributed by atoms with Crippen LogP contribution in [0.2, 0.25) is 5.02 Å². The maximum absolute atomic E-state index is 12.3. The molecule has 134 valence electrons. The van der Waals surface area contributed by atoms with Crippen molar-refractivity contribution in [2.75, 3.05) is 0 Å². The van der Waals surface area contributed by atoms with Crippen LogP contribution in [-0.4, -0.2) is 16.4 Å². The number of aromatic nitrogens is 1. The topological polar surface area (TPSA) is 93.3 Å². The lowest BCUT2D eigenvalue weighted by atomic mass is 10.1. The van der Waals surface area contributed by atoms with E-state index in [0.717, 1.165) is 5.56 Å². The number of oxazole rings is 1. The van der Waals surface area contributed by atoms with Gasteiger partial charge in [-0.1, -0.05) is 35.9 Å². The second kappa shape index (κ2) is 7.45. The number of rotatable bonds is 4. The summed E-state index contributed by atoms with van der Waals surface area (Å²) < 4.78 is 6.35. The van der Waals surface area contributed by atoms with Gasteiger partial charge in [0.1, 0.15) is 6.04 Å². The molecule has 2 aromatic carbocycles. The van der Waals surface area contributed by atoms with Crippen molar-refractivity contribution in [2.24, 2.45) is 0 Å². The Labute approximate surface area is 153 Å². The monoisotopic (exact) mass is 373 g/mol. The van der Waals surface area contributed by atoms with Gasteiger partial charge in [0.15, 0.2) is 5.58 Å². The van der Waals surface area contributed by atoms with Crippen LogP contribution in [0, 0.1) is 0 Å². The molecule has 0 unspecified atom stereocenters. The van der Waals surface area contributed by atoms with Crippen LogP contribution in [0.15, 0.2) is 57.7 Å². The molecule has 0 aliphatic heterocycles. The lowest BCUT2D eigenvalue weighted by Crippen LogP contribution is -2.46. The van der Waals surface area contributed by atoms with Crippen LogP contribution in [-0.2, 0) is 16.0 Å². The molecule has 2 N–H and O–H groups in total. The number of fused-ring (bicyclic) bond motifs is 1. The van der Waals surface area contributed by atoms with Crippen molar-refractivity contribution in [3.8, 4) is 0 Å². The second-order valence-corrected chi connectivity index (χ2v) is 6.16. The number of amides is 2. The van der Waals surface area contributed by atoms with Crippen molar-refractivity contribution in [1.29, 1.82) is 0 Å². The van der Waals surface area contributed by atoms with Crippen molar-refractivity contribution >= 4 is 34.5 Å². The van der Waals surface area contributed by atoms with E-state index in [4.69, 9.17) is 16.0 Å². The molecule has 1 atom stereocenters. The highest BCUT2D eigenvalue weighted by molar-refractivity contribution is 6.30. The third kappa shape index (κ3) is 3.78. The van der Waals surface area contributed by atoms with Gasteiger partial charge in [-0.15, -0.1) is 0 Å². The summed E-state index contributed by atoms with van der Waals surface area (Å²) in [6.45, 7) is 1.55. The van der Waals surface area contributed by atoms with E-state index in [9.17, 15) is 14.4 Å². The maximum atomic E-state index is 12.3. The standard InChI is InChI=1S/C18H16ClN3O4/c1-11(22-14-4-2-3-5-15(14)26-18(22)25)17(24)21-20-16(23)10-12-6-8-13(19)9-7-12/h2-9,11H,10H2,1H3,(H,20,23)(H,21,24)/t11-/m1/s1.